The second-order valence-electron chi connectivity index (χ2n) is 8.55. The Morgan fingerprint density at radius 1 is 0.857 bits per heavy atom. The molecule has 1 aliphatic carbocycles. The highest BCUT2D eigenvalue weighted by Gasteiger charge is 2.14. The van der Waals surface area contributed by atoms with Crippen LogP contribution in [0.3, 0.4) is 0 Å². The van der Waals surface area contributed by atoms with Gasteiger partial charge in [-0.1, -0.05) is 101 Å². The summed E-state index contributed by atoms with van der Waals surface area (Å²) in [7, 11) is 0. The Bertz CT molecular complexity index is 610. The highest BCUT2D eigenvalue weighted by atomic mass is 16.3. The van der Waals surface area contributed by atoms with Crippen LogP contribution in [0.15, 0.2) is 54.6 Å². The van der Waals surface area contributed by atoms with E-state index < -0.39 is 0 Å². The van der Waals surface area contributed by atoms with Crippen molar-refractivity contribution in [2.75, 3.05) is 0 Å². The Morgan fingerprint density at radius 2 is 1.50 bits per heavy atom. The van der Waals surface area contributed by atoms with Gasteiger partial charge >= 0.3 is 0 Å². The van der Waals surface area contributed by atoms with Gasteiger partial charge in [0.2, 0.25) is 0 Å². The first-order valence-corrected chi connectivity index (χ1v) is 11.5. The summed E-state index contributed by atoms with van der Waals surface area (Å²) in [4.78, 5) is 0. The highest BCUT2D eigenvalue weighted by molar-refractivity contribution is 5.28. The number of hydrogen-bond donors (Lipinski definition) is 1. The van der Waals surface area contributed by atoms with Crippen molar-refractivity contribution in [3.8, 4) is 5.75 Å². The smallest absolute Gasteiger partial charge is 0.115 e. The van der Waals surface area contributed by atoms with Crippen LogP contribution in [0, 0.1) is 5.92 Å². The van der Waals surface area contributed by atoms with E-state index in [-0.39, 0.29) is 0 Å². The number of rotatable bonds is 8. The van der Waals surface area contributed by atoms with Gasteiger partial charge in [-0.05, 0) is 60.8 Å². The Labute approximate surface area is 173 Å². The van der Waals surface area contributed by atoms with Gasteiger partial charge in [-0.2, -0.15) is 0 Å². The number of phenolic OH excluding ortho intramolecular Hbond substituents is 1. The fourth-order valence-corrected chi connectivity index (χ4v) is 4.18. The van der Waals surface area contributed by atoms with E-state index in [9.17, 15) is 0 Å². The van der Waals surface area contributed by atoms with Gasteiger partial charge in [0.15, 0.2) is 0 Å². The van der Waals surface area contributed by atoms with Crippen molar-refractivity contribution in [3.63, 3.8) is 0 Å². The normalized spacial score (nSPS) is 15.5. The molecule has 1 aliphatic rings. The summed E-state index contributed by atoms with van der Waals surface area (Å²) in [5, 5.41) is 9.16. The molecule has 3 rings (SSSR count). The van der Waals surface area contributed by atoms with Gasteiger partial charge < -0.3 is 5.11 Å². The highest BCUT2D eigenvalue weighted by Crippen LogP contribution is 2.32. The summed E-state index contributed by atoms with van der Waals surface area (Å²) in [6.07, 6.45) is 14.9. The summed E-state index contributed by atoms with van der Waals surface area (Å²) in [5.74, 6) is 2.03. The summed E-state index contributed by atoms with van der Waals surface area (Å²) < 4.78 is 0. The monoisotopic (exact) mass is 380 g/mol. The Balaban J connectivity index is 0.000000202. The van der Waals surface area contributed by atoms with Crippen LogP contribution in [-0.4, -0.2) is 5.11 Å². The molecule has 154 valence electrons. The van der Waals surface area contributed by atoms with Crippen LogP contribution in [0.4, 0.5) is 0 Å². The first-order chi connectivity index (χ1) is 13.7. The number of aryl methyl sites for hydroxylation is 1. The van der Waals surface area contributed by atoms with E-state index >= 15 is 0 Å². The SMILES string of the molecule is CCCCC(C)CCCc1ccccc1.Oc1ccc(C2CCCCC2)cc1. The minimum Gasteiger partial charge on any atom is -0.508 e. The zero-order valence-electron chi connectivity index (χ0n) is 18.1. The van der Waals surface area contributed by atoms with Crippen LogP contribution in [0.5, 0.6) is 5.75 Å². The molecule has 1 heteroatoms. The second kappa shape index (κ2) is 13.4. The molecular weight excluding hydrogens is 340 g/mol. The number of benzene rings is 2. The second-order valence-corrected chi connectivity index (χ2v) is 8.55. The van der Waals surface area contributed by atoms with Gasteiger partial charge in [-0.15, -0.1) is 0 Å². The number of hydrogen-bond acceptors (Lipinski definition) is 1. The largest absolute Gasteiger partial charge is 0.508 e. The third-order valence-corrected chi connectivity index (χ3v) is 6.03. The fraction of sp³-hybridized carbons (Fsp3) is 0.556. The van der Waals surface area contributed by atoms with Crippen LogP contribution >= 0.6 is 0 Å². The lowest BCUT2D eigenvalue weighted by atomic mass is 9.84. The minimum atomic E-state index is 0.375. The zero-order chi connectivity index (χ0) is 20.0. The van der Waals surface area contributed by atoms with Crippen molar-refractivity contribution in [1.29, 1.82) is 0 Å². The van der Waals surface area contributed by atoms with E-state index in [0.717, 1.165) is 11.8 Å². The zero-order valence-corrected chi connectivity index (χ0v) is 18.1. The van der Waals surface area contributed by atoms with Crippen LogP contribution in [0.25, 0.3) is 0 Å². The summed E-state index contributed by atoms with van der Waals surface area (Å²) >= 11 is 0. The maximum Gasteiger partial charge on any atom is 0.115 e. The lowest BCUT2D eigenvalue weighted by Crippen LogP contribution is -2.03. The van der Waals surface area contributed by atoms with Crippen molar-refractivity contribution < 1.29 is 5.11 Å². The van der Waals surface area contributed by atoms with Gasteiger partial charge in [0.05, 0.1) is 0 Å². The molecule has 1 unspecified atom stereocenters. The van der Waals surface area contributed by atoms with Crippen LogP contribution in [0.1, 0.15) is 95.1 Å². The molecule has 1 nitrogen and oxygen atoms in total. The fourth-order valence-electron chi connectivity index (χ4n) is 4.18. The molecule has 0 amide bonds. The Morgan fingerprint density at radius 3 is 2.14 bits per heavy atom. The van der Waals surface area contributed by atoms with Crippen molar-refractivity contribution in [2.24, 2.45) is 5.92 Å². The molecule has 0 aliphatic heterocycles. The minimum absolute atomic E-state index is 0.375. The van der Waals surface area contributed by atoms with E-state index in [1.54, 1.807) is 12.1 Å². The average Bonchev–Trinajstić information content (AvgIpc) is 2.75. The Kier molecular flexibility index (Phi) is 10.8. The molecule has 2 aromatic carbocycles. The third-order valence-electron chi connectivity index (χ3n) is 6.03. The molecule has 0 heterocycles. The molecule has 0 aromatic heterocycles. The number of aromatic hydroxyl groups is 1. The van der Waals surface area contributed by atoms with E-state index in [1.807, 2.05) is 0 Å². The average molecular weight is 381 g/mol. The first-order valence-electron chi connectivity index (χ1n) is 11.5. The maximum absolute atomic E-state index is 9.16. The molecule has 0 saturated heterocycles. The molecule has 0 bridgehead atoms. The maximum atomic E-state index is 9.16. The van der Waals surface area contributed by atoms with Gasteiger partial charge in [0.1, 0.15) is 5.75 Å². The predicted molar refractivity (Wildman–Crippen MR) is 122 cm³/mol. The molecule has 1 fully saturated rings. The summed E-state index contributed by atoms with van der Waals surface area (Å²) in [5.41, 5.74) is 2.89. The van der Waals surface area contributed by atoms with E-state index in [2.05, 4.69) is 56.3 Å². The molecule has 1 saturated carbocycles. The van der Waals surface area contributed by atoms with Gasteiger partial charge in [-0.25, -0.2) is 0 Å². The van der Waals surface area contributed by atoms with Crippen LogP contribution in [0.2, 0.25) is 0 Å². The van der Waals surface area contributed by atoms with Gasteiger partial charge in [0.25, 0.3) is 0 Å². The standard InChI is InChI=1S/C15H24.C12H16O/c1-3-4-9-14(2)10-8-13-15-11-6-5-7-12-15;13-12-8-6-11(7-9-12)10-4-2-1-3-5-10/h5-7,11-12,14H,3-4,8-10,13H2,1-2H3;6-10,13H,1-5H2. The molecule has 1 atom stereocenters. The lowest BCUT2D eigenvalue weighted by Gasteiger charge is -2.21. The molecule has 28 heavy (non-hydrogen) atoms. The van der Waals surface area contributed by atoms with Crippen molar-refractivity contribution in [3.05, 3.63) is 65.7 Å². The van der Waals surface area contributed by atoms with Crippen molar-refractivity contribution in [1.82, 2.24) is 0 Å². The first kappa shape index (κ1) is 22.5. The molecule has 0 spiro atoms. The summed E-state index contributed by atoms with van der Waals surface area (Å²) in [6.45, 7) is 4.66. The van der Waals surface area contributed by atoms with Crippen molar-refractivity contribution >= 4 is 0 Å². The summed E-state index contributed by atoms with van der Waals surface area (Å²) in [6, 6.07) is 18.5. The molecular formula is C27H40O. The van der Waals surface area contributed by atoms with Gasteiger partial charge in [0, 0.05) is 0 Å². The van der Waals surface area contributed by atoms with E-state index in [1.165, 1.54) is 81.8 Å². The van der Waals surface area contributed by atoms with Crippen LogP contribution < -0.4 is 0 Å². The van der Waals surface area contributed by atoms with Gasteiger partial charge in [-0.3, -0.25) is 0 Å². The van der Waals surface area contributed by atoms with Crippen LogP contribution in [-0.2, 0) is 6.42 Å². The number of phenols is 1. The Hall–Kier alpha value is -1.76. The van der Waals surface area contributed by atoms with Crippen molar-refractivity contribution in [2.45, 2.75) is 90.4 Å². The van der Waals surface area contributed by atoms with E-state index in [0.29, 0.717) is 5.75 Å². The third kappa shape index (κ3) is 8.95. The lowest BCUT2D eigenvalue weighted by molar-refractivity contribution is 0.442. The van der Waals surface area contributed by atoms with E-state index in [4.69, 9.17) is 5.11 Å². The molecule has 2 aromatic rings. The quantitative estimate of drug-likeness (QED) is 0.488. The number of unbranched alkanes of at least 4 members (excludes halogenated alkanes) is 1. The topological polar surface area (TPSA) is 20.2 Å². The predicted octanol–water partition coefficient (Wildman–Crippen LogP) is 8.28. The molecule has 1 N–H and O–H groups in total. The molecule has 0 radical (unpaired) electrons.